The quantitative estimate of drug-likeness (QED) is 0.631. The first-order valence-electron chi connectivity index (χ1n) is 9.69. The molecule has 0 bridgehead atoms. The number of hydrogen-bond acceptors (Lipinski definition) is 4. The van der Waals surface area contributed by atoms with Gasteiger partial charge in [0, 0.05) is 19.6 Å². The summed E-state index contributed by atoms with van der Waals surface area (Å²) in [5.74, 6) is 1.26. The van der Waals surface area contributed by atoms with E-state index in [1.165, 1.54) is 18.4 Å². The number of hydrogen-bond donors (Lipinski definition) is 2. The van der Waals surface area contributed by atoms with Crippen LogP contribution in [0.1, 0.15) is 37.7 Å². The van der Waals surface area contributed by atoms with Gasteiger partial charge in [0.2, 0.25) is 6.29 Å². The maximum Gasteiger partial charge on any atom is 0.286 e. The van der Waals surface area contributed by atoms with Gasteiger partial charge in [0.1, 0.15) is 0 Å². The summed E-state index contributed by atoms with van der Waals surface area (Å²) in [6, 6.07) is 10.1. The number of rotatable bonds is 10. The molecule has 1 saturated carbocycles. The normalized spacial score (nSPS) is 22.4. The highest BCUT2D eigenvalue weighted by molar-refractivity contribution is 5.91. The number of ether oxygens (including phenoxy) is 2. The summed E-state index contributed by atoms with van der Waals surface area (Å²) >= 11 is 0. The zero-order valence-corrected chi connectivity index (χ0v) is 15.2. The lowest BCUT2D eigenvalue weighted by Crippen LogP contribution is -2.34. The average molecular weight is 359 g/mol. The molecule has 5 nitrogen and oxygen atoms in total. The minimum atomic E-state index is -0.362. The van der Waals surface area contributed by atoms with Crippen LogP contribution in [-0.2, 0) is 20.7 Å². The standard InChI is InChI=1S/C21H29NO4/c23-12-4-5-13-25-20-15-18(17-8-9-17)14-19(26-20)21(24)22-11-10-16-6-2-1-3-7-16/h1-3,6-7,14,17-18,20,23H,4-5,8-13,15H2,(H,22,24)/t18-,20+/m0/s1. The molecule has 1 aromatic rings. The summed E-state index contributed by atoms with van der Waals surface area (Å²) in [5, 5.41) is 11.8. The number of benzene rings is 1. The Morgan fingerprint density at radius 1 is 1.23 bits per heavy atom. The number of aliphatic hydroxyl groups excluding tert-OH is 1. The molecule has 0 radical (unpaired) electrons. The van der Waals surface area contributed by atoms with Crippen molar-refractivity contribution in [2.75, 3.05) is 19.8 Å². The Morgan fingerprint density at radius 2 is 2.04 bits per heavy atom. The molecule has 142 valence electrons. The van der Waals surface area contributed by atoms with E-state index in [0.29, 0.717) is 30.7 Å². The average Bonchev–Trinajstić information content (AvgIpc) is 3.51. The van der Waals surface area contributed by atoms with Crippen molar-refractivity contribution in [1.82, 2.24) is 5.32 Å². The topological polar surface area (TPSA) is 67.8 Å². The molecule has 1 aliphatic carbocycles. The molecule has 1 aliphatic heterocycles. The molecule has 0 unspecified atom stereocenters. The van der Waals surface area contributed by atoms with Gasteiger partial charge in [-0.25, -0.2) is 0 Å². The van der Waals surface area contributed by atoms with Crippen LogP contribution in [0.2, 0.25) is 0 Å². The van der Waals surface area contributed by atoms with Gasteiger partial charge in [0.05, 0.1) is 6.61 Å². The van der Waals surface area contributed by atoms with E-state index in [9.17, 15) is 4.79 Å². The zero-order valence-electron chi connectivity index (χ0n) is 15.2. The Labute approximate surface area is 155 Å². The molecular weight excluding hydrogens is 330 g/mol. The van der Waals surface area contributed by atoms with Crippen molar-refractivity contribution in [2.24, 2.45) is 11.8 Å². The van der Waals surface area contributed by atoms with Crippen LogP contribution in [0, 0.1) is 11.8 Å². The maximum absolute atomic E-state index is 12.5. The number of aliphatic hydroxyl groups is 1. The van der Waals surface area contributed by atoms with E-state index in [2.05, 4.69) is 17.4 Å². The van der Waals surface area contributed by atoms with Gasteiger partial charge in [-0.1, -0.05) is 30.3 Å². The van der Waals surface area contributed by atoms with Crippen LogP contribution in [0.15, 0.2) is 42.2 Å². The molecule has 1 aromatic carbocycles. The van der Waals surface area contributed by atoms with Crippen LogP contribution in [0.4, 0.5) is 0 Å². The molecule has 1 heterocycles. The van der Waals surface area contributed by atoms with Crippen molar-refractivity contribution in [3.63, 3.8) is 0 Å². The van der Waals surface area contributed by atoms with E-state index < -0.39 is 0 Å². The van der Waals surface area contributed by atoms with Gasteiger partial charge in [-0.15, -0.1) is 0 Å². The molecule has 3 rings (SSSR count). The lowest BCUT2D eigenvalue weighted by Gasteiger charge is -2.29. The number of allylic oxidation sites excluding steroid dienone is 1. The van der Waals surface area contributed by atoms with Crippen molar-refractivity contribution in [3.05, 3.63) is 47.7 Å². The smallest absolute Gasteiger partial charge is 0.286 e. The third-order valence-electron chi connectivity index (χ3n) is 4.94. The van der Waals surface area contributed by atoms with E-state index in [1.807, 2.05) is 24.3 Å². The Kier molecular flexibility index (Phi) is 7.09. The second-order valence-electron chi connectivity index (χ2n) is 7.11. The van der Waals surface area contributed by atoms with Crippen molar-refractivity contribution in [3.8, 4) is 0 Å². The van der Waals surface area contributed by atoms with Gasteiger partial charge in [0.15, 0.2) is 5.76 Å². The maximum atomic E-state index is 12.5. The number of unbranched alkanes of at least 4 members (excludes halogenated alkanes) is 1. The lowest BCUT2D eigenvalue weighted by atomic mass is 9.96. The van der Waals surface area contributed by atoms with Gasteiger partial charge >= 0.3 is 0 Å². The van der Waals surface area contributed by atoms with E-state index in [-0.39, 0.29) is 18.8 Å². The fourth-order valence-corrected chi connectivity index (χ4v) is 3.28. The van der Waals surface area contributed by atoms with Crippen LogP contribution >= 0.6 is 0 Å². The number of carbonyl (C=O) groups is 1. The van der Waals surface area contributed by atoms with E-state index in [0.717, 1.165) is 25.7 Å². The van der Waals surface area contributed by atoms with Crippen molar-refractivity contribution in [2.45, 2.75) is 44.8 Å². The predicted octanol–water partition coefficient (Wildman–Crippen LogP) is 2.79. The van der Waals surface area contributed by atoms with Crippen molar-refractivity contribution >= 4 is 5.91 Å². The molecule has 5 heteroatoms. The number of amides is 1. The molecule has 1 fully saturated rings. The monoisotopic (exact) mass is 359 g/mol. The molecule has 1 amide bonds. The SMILES string of the molecule is O=C(NCCc1ccccc1)C1=C[C@H](C2CC2)C[C@H](OCCCCO)O1. The molecule has 2 aliphatic rings. The summed E-state index contributed by atoms with van der Waals surface area (Å²) in [5.41, 5.74) is 1.20. The summed E-state index contributed by atoms with van der Waals surface area (Å²) in [4.78, 5) is 12.5. The fourth-order valence-electron chi connectivity index (χ4n) is 3.28. The molecular formula is C21H29NO4. The predicted molar refractivity (Wildman–Crippen MR) is 99.2 cm³/mol. The largest absolute Gasteiger partial charge is 0.459 e. The molecule has 0 spiro atoms. The van der Waals surface area contributed by atoms with Gasteiger partial charge in [-0.05, 0) is 55.6 Å². The minimum absolute atomic E-state index is 0.157. The minimum Gasteiger partial charge on any atom is -0.459 e. The second kappa shape index (κ2) is 9.74. The summed E-state index contributed by atoms with van der Waals surface area (Å²) in [6.45, 7) is 1.31. The summed E-state index contributed by atoms with van der Waals surface area (Å²) in [6.07, 6.45) is 7.21. The van der Waals surface area contributed by atoms with Crippen molar-refractivity contribution < 1.29 is 19.4 Å². The van der Waals surface area contributed by atoms with E-state index >= 15 is 0 Å². The van der Waals surface area contributed by atoms with Crippen LogP contribution in [0.25, 0.3) is 0 Å². The number of carbonyl (C=O) groups excluding carboxylic acids is 1. The van der Waals surface area contributed by atoms with Crippen LogP contribution in [0.5, 0.6) is 0 Å². The highest BCUT2D eigenvalue weighted by Gasteiger charge is 2.37. The zero-order chi connectivity index (χ0) is 18.2. The van der Waals surface area contributed by atoms with Gasteiger partial charge in [-0.3, -0.25) is 4.79 Å². The van der Waals surface area contributed by atoms with E-state index in [1.54, 1.807) is 0 Å². The van der Waals surface area contributed by atoms with Crippen LogP contribution in [0.3, 0.4) is 0 Å². The first-order valence-corrected chi connectivity index (χ1v) is 9.69. The third kappa shape index (κ3) is 5.85. The van der Waals surface area contributed by atoms with Gasteiger partial charge < -0.3 is 19.9 Å². The van der Waals surface area contributed by atoms with Crippen LogP contribution < -0.4 is 5.32 Å². The first kappa shape index (κ1) is 18.9. The van der Waals surface area contributed by atoms with Gasteiger partial charge in [-0.2, -0.15) is 0 Å². The second-order valence-corrected chi connectivity index (χ2v) is 7.11. The Balaban J connectivity index is 1.49. The molecule has 0 saturated heterocycles. The molecule has 0 aromatic heterocycles. The Hall–Kier alpha value is -1.85. The van der Waals surface area contributed by atoms with E-state index in [4.69, 9.17) is 14.6 Å². The molecule has 26 heavy (non-hydrogen) atoms. The Bertz CT molecular complexity index is 597. The fraction of sp³-hybridized carbons (Fsp3) is 0.571. The van der Waals surface area contributed by atoms with Crippen LogP contribution in [-0.4, -0.2) is 37.1 Å². The highest BCUT2D eigenvalue weighted by atomic mass is 16.7. The highest BCUT2D eigenvalue weighted by Crippen LogP contribution is 2.42. The van der Waals surface area contributed by atoms with Crippen molar-refractivity contribution in [1.29, 1.82) is 0 Å². The molecule has 2 atom stereocenters. The lowest BCUT2D eigenvalue weighted by molar-refractivity contribution is -0.150. The summed E-state index contributed by atoms with van der Waals surface area (Å²) in [7, 11) is 0. The third-order valence-corrected chi connectivity index (χ3v) is 4.94. The first-order chi connectivity index (χ1) is 12.8. The van der Waals surface area contributed by atoms with Gasteiger partial charge in [0.25, 0.3) is 5.91 Å². The summed E-state index contributed by atoms with van der Waals surface area (Å²) < 4.78 is 11.6. The number of nitrogens with one attached hydrogen (secondary N) is 1. The molecule has 2 N–H and O–H groups in total. The Morgan fingerprint density at radius 3 is 2.77 bits per heavy atom.